The van der Waals surface area contributed by atoms with Gasteiger partial charge in [0.1, 0.15) is 29.9 Å². The number of aliphatic hydroxyl groups excluding tert-OH is 1. The highest BCUT2D eigenvalue weighted by Crippen LogP contribution is 2.44. The van der Waals surface area contributed by atoms with Gasteiger partial charge in [0.25, 0.3) is 5.88 Å². The van der Waals surface area contributed by atoms with Gasteiger partial charge in [0.2, 0.25) is 17.7 Å². The molecule has 5 aromatic rings. The van der Waals surface area contributed by atoms with Gasteiger partial charge >= 0.3 is 0 Å². The maximum absolute atomic E-state index is 14.2. The molecular formula is C59H73N11O8. The number of β-amino-alcohol motifs (C(OH)–C–C–N with tert-alkyl or cyclic N) is 1. The minimum atomic E-state index is -0.850. The van der Waals surface area contributed by atoms with Gasteiger partial charge in [-0.25, -0.2) is 4.98 Å². The number of phenolic OH excluding ortho intramolecular Hbond substituents is 1. The van der Waals surface area contributed by atoms with E-state index < -0.39 is 18.1 Å². The molecule has 78 heavy (non-hydrogen) atoms. The Balaban J connectivity index is 0.609. The lowest BCUT2D eigenvalue weighted by Crippen LogP contribution is -2.58. The van der Waals surface area contributed by atoms with Crippen LogP contribution in [-0.2, 0) is 14.3 Å². The fourth-order valence-corrected chi connectivity index (χ4v) is 12.9. The standard InChI is InChI=1S/C59H73N11O8/c1-34(2)55(58(74)69-33-42(71)25-50(69)57(73)63-35(3)37-12-10-36(30-60)11-13-37)52-29-54(66-78-52)77-44-22-38(23-44)59(4,5)68-20-17-43(18-21-68)75-45-26-46(27-45)76-53-24-39(16-19-62-53)70-40-14-15-41(70)32-67(31-40)49-28-48(64-65-56(49)61)47-8-6-7-9-51(47)72/h6-13,16,19,24,28-29,34-35,38,40-46,50,55,71-72H,14-15,17-18,20-23,25-27,31-33H2,1-5H3,(H2,61,65)(H,63,73)/t35-,38?,40+,41?,42+,44?,45?,46?,50-,55+/m0/s1. The number of piperidine rings is 1. The lowest BCUT2D eigenvalue weighted by atomic mass is 9.69. The number of aliphatic hydroxyl groups is 1. The molecule has 6 fully saturated rings. The number of para-hydroxylation sites is 1. The van der Waals surface area contributed by atoms with Crippen LogP contribution in [0.3, 0.4) is 0 Å². The van der Waals surface area contributed by atoms with Gasteiger partial charge in [0.05, 0.1) is 47.4 Å². The smallest absolute Gasteiger partial charge is 0.254 e. The van der Waals surface area contributed by atoms with Crippen molar-refractivity contribution < 1.29 is 38.5 Å². The summed E-state index contributed by atoms with van der Waals surface area (Å²) in [6.07, 6.45) is 9.14. The number of hydrogen-bond donors (Lipinski definition) is 4. The number of phenols is 1. The molecule has 2 aliphatic carbocycles. The summed E-state index contributed by atoms with van der Waals surface area (Å²) in [6.45, 7) is 13.9. The number of fused-ring (bicyclic) bond motifs is 2. The molecule has 4 saturated heterocycles. The Morgan fingerprint density at radius 3 is 2.26 bits per heavy atom. The number of nitriles is 1. The summed E-state index contributed by atoms with van der Waals surface area (Å²) in [5, 5.41) is 46.1. The fraction of sp³-hybridized carbons (Fsp3) is 0.542. The number of rotatable bonds is 17. The third-order valence-electron chi connectivity index (χ3n) is 17.7. The molecule has 7 heterocycles. The van der Waals surface area contributed by atoms with E-state index in [0.717, 1.165) is 94.5 Å². The molecule has 2 amide bonds. The van der Waals surface area contributed by atoms with Crippen molar-refractivity contribution in [2.24, 2.45) is 11.8 Å². The van der Waals surface area contributed by atoms with Crippen molar-refractivity contribution >= 4 is 29.0 Å². The summed E-state index contributed by atoms with van der Waals surface area (Å²) in [5.41, 5.74) is 10.9. The molecule has 0 radical (unpaired) electrons. The van der Waals surface area contributed by atoms with Gasteiger partial charge in [-0.1, -0.05) is 38.1 Å². The summed E-state index contributed by atoms with van der Waals surface area (Å²) >= 11 is 0. The third kappa shape index (κ3) is 10.9. The van der Waals surface area contributed by atoms with Crippen LogP contribution in [-0.4, -0.2) is 139 Å². The van der Waals surface area contributed by atoms with Gasteiger partial charge in [-0.3, -0.25) is 14.5 Å². The quantitative estimate of drug-likeness (QED) is 0.0723. The zero-order valence-electron chi connectivity index (χ0n) is 45.3. The second-order valence-electron chi connectivity index (χ2n) is 23.4. The van der Waals surface area contributed by atoms with E-state index in [9.17, 15) is 19.8 Å². The number of aromatic nitrogens is 4. The molecule has 6 atom stereocenters. The normalized spacial score (nSPS) is 26.2. The number of ether oxygens (including phenoxy) is 3. The van der Waals surface area contributed by atoms with Crippen molar-refractivity contribution in [3.63, 3.8) is 0 Å². The molecule has 2 saturated carbocycles. The molecule has 19 nitrogen and oxygen atoms in total. The highest BCUT2D eigenvalue weighted by molar-refractivity contribution is 5.91. The first-order chi connectivity index (χ1) is 37.6. The number of carbonyl (C=O) groups is 2. The van der Waals surface area contributed by atoms with Crippen molar-refractivity contribution in [3.05, 3.63) is 95.9 Å². The maximum Gasteiger partial charge on any atom is 0.254 e. The molecule has 5 N–H and O–H groups in total. The number of nitrogens with zero attached hydrogens (tertiary/aromatic N) is 9. The summed E-state index contributed by atoms with van der Waals surface area (Å²) < 4.78 is 25.2. The van der Waals surface area contributed by atoms with Crippen LogP contribution in [0, 0.1) is 23.2 Å². The molecule has 6 aliphatic rings. The number of likely N-dealkylation sites (tertiary alicyclic amines) is 2. The Labute approximate surface area is 456 Å². The number of benzene rings is 2. The predicted molar refractivity (Wildman–Crippen MR) is 292 cm³/mol. The Kier molecular flexibility index (Phi) is 15.0. The van der Waals surface area contributed by atoms with Crippen LogP contribution < -0.4 is 30.3 Å². The van der Waals surface area contributed by atoms with Crippen LogP contribution in [0.25, 0.3) is 11.3 Å². The summed E-state index contributed by atoms with van der Waals surface area (Å²) in [6, 6.07) is 23.4. The Hall–Kier alpha value is -7.01. The minimum Gasteiger partial charge on any atom is -0.507 e. The molecule has 3 aromatic heterocycles. The van der Waals surface area contributed by atoms with Crippen LogP contribution in [0.15, 0.2) is 83.5 Å². The maximum atomic E-state index is 14.2. The number of anilines is 3. The zero-order valence-corrected chi connectivity index (χ0v) is 45.3. The zero-order chi connectivity index (χ0) is 54.4. The number of hydrogen-bond acceptors (Lipinski definition) is 17. The average Bonchev–Trinajstić information content (AvgIpc) is 4.19. The second kappa shape index (κ2) is 22.0. The van der Waals surface area contributed by atoms with E-state index in [2.05, 4.69) is 72.4 Å². The third-order valence-corrected chi connectivity index (χ3v) is 17.7. The average molecular weight is 1060 g/mol. The van der Waals surface area contributed by atoms with Crippen molar-refractivity contribution in [2.45, 2.75) is 159 Å². The van der Waals surface area contributed by atoms with E-state index in [1.54, 1.807) is 42.5 Å². The van der Waals surface area contributed by atoms with Crippen molar-refractivity contribution in [3.8, 4) is 34.8 Å². The highest BCUT2D eigenvalue weighted by Gasteiger charge is 2.48. The largest absolute Gasteiger partial charge is 0.507 e. The lowest BCUT2D eigenvalue weighted by Gasteiger charge is -2.52. The Bertz CT molecular complexity index is 2970. The molecule has 412 valence electrons. The van der Waals surface area contributed by atoms with Crippen molar-refractivity contribution in [1.29, 1.82) is 5.26 Å². The van der Waals surface area contributed by atoms with Crippen LogP contribution in [0.4, 0.5) is 17.2 Å². The number of pyridine rings is 1. The van der Waals surface area contributed by atoms with Crippen LogP contribution in [0.1, 0.15) is 121 Å². The van der Waals surface area contributed by atoms with Crippen LogP contribution >= 0.6 is 0 Å². The van der Waals surface area contributed by atoms with Gasteiger partial charge in [-0.15, -0.1) is 10.2 Å². The molecule has 0 spiro atoms. The SMILES string of the molecule is CC(C)[C@@H](C(=O)N1C[C@H](O)C[C@H]1C(=O)N[C@@H](C)c1ccc(C#N)cc1)c1cc(OC2CC(C(C)(C)N3CCC(OC4CC(Oc5cc(N6C7CC[C@@H]6CN(c6cc(-c8ccccc8O)nnc6N)C7)ccn5)C4)CC3)C2)no1. The number of nitrogens with two attached hydrogens (primary N) is 1. The second-order valence-corrected chi connectivity index (χ2v) is 23.4. The number of aromatic hydroxyl groups is 1. The van der Waals surface area contributed by atoms with Crippen molar-refractivity contribution in [2.75, 3.05) is 48.3 Å². The molecular weight excluding hydrogens is 991 g/mol. The summed E-state index contributed by atoms with van der Waals surface area (Å²) in [7, 11) is 0. The monoisotopic (exact) mass is 1060 g/mol. The molecule has 1 unspecified atom stereocenters. The van der Waals surface area contributed by atoms with Gasteiger partial charge in [0, 0.05) is 99.2 Å². The van der Waals surface area contributed by atoms with E-state index in [-0.39, 0.29) is 72.4 Å². The lowest BCUT2D eigenvalue weighted by molar-refractivity contribution is -0.141. The first kappa shape index (κ1) is 53.0. The summed E-state index contributed by atoms with van der Waals surface area (Å²) in [4.78, 5) is 41.4. The van der Waals surface area contributed by atoms with E-state index >= 15 is 0 Å². The van der Waals surface area contributed by atoms with Gasteiger partial charge in [-0.2, -0.15) is 5.26 Å². The van der Waals surface area contributed by atoms with Crippen molar-refractivity contribution in [1.82, 2.24) is 35.5 Å². The first-order valence-corrected chi connectivity index (χ1v) is 28.0. The summed E-state index contributed by atoms with van der Waals surface area (Å²) in [5.74, 6) is 0.774. The number of nitrogens with one attached hydrogen (secondary N) is 1. The Morgan fingerprint density at radius 1 is 0.846 bits per heavy atom. The van der Waals surface area contributed by atoms with Gasteiger partial charge in [-0.05, 0) is 118 Å². The first-order valence-electron chi connectivity index (χ1n) is 28.0. The molecule has 19 heteroatoms. The Morgan fingerprint density at radius 2 is 1.55 bits per heavy atom. The number of piperazine rings is 1. The van der Waals surface area contributed by atoms with E-state index in [1.807, 2.05) is 45.2 Å². The van der Waals surface area contributed by atoms with E-state index in [4.69, 9.17) is 29.7 Å². The highest BCUT2D eigenvalue weighted by atomic mass is 16.5. The molecule has 2 aromatic carbocycles. The topological polar surface area (TPSA) is 242 Å². The fourth-order valence-electron chi connectivity index (χ4n) is 12.9. The van der Waals surface area contributed by atoms with Gasteiger partial charge < -0.3 is 54.7 Å². The van der Waals surface area contributed by atoms with Gasteiger partial charge in [0.15, 0.2) is 11.6 Å². The number of amides is 2. The molecule has 11 rings (SSSR count). The van der Waals surface area contributed by atoms with Crippen LogP contribution in [0.2, 0.25) is 0 Å². The van der Waals surface area contributed by atoms with E-state index in [1.165, 1.54) is 4.90 Å². The van der Waals surface area contributed by atoms with E-state index in [0.29, 0.717) is 58.2 Å². The predicted octanol–water partition coefficient (Wildman–Crippen LogP) is 7.15. The number of nitrogen functional groups attached to an aromatic ring is 1. The number of carbonyl (C=O) groups excluding carboxylic acids is 2. The molecule has 4 aliphatic heterocycles. The molecule has 2 bridgehead atoms. The minimum absolute atomic E-state index is 0.0225. The van der Waals surface area contributed by atoms with Crippen LogP contribution in [0.5, 0.6) is 17.5 Å².